The highest BCUT2D eigenvalue weighted by atomic mass is 19.1. The molecule has 21 heavy (non-hydrogen) atoms. The maximum Gasteiger partial charge on any atom is 0.146 e. The predicted molar refractivity (Wildman–Crippen MR) is 84.7 cm³/mol. The molecule has 0 aliphatic rings. The highest BCUT2D eigenvalue weighted by Gasteiger charge is 2.13. The molecule has 1 heterocycles. The van der Waals surface area contributed by atoms with E-state index in [1.54, 1.807) is 12.3 Å². The molecule has 2 aromatic rings. The summed E-state index contributed by atoms with van der Waals surface area (Å²) in [5.74, 6) is -0.191. The van der Waals surface area contributed by atoms with Crippen LogP contribution < -0.4 is 10.2 Å². The molecule has 0 aliphatic heterocycles. The first-order valence-corrected chi connectivity index (χ1v) is 7.31. The minimum absolute atomic E-state index is 0.191. The van der Waals surface area contributed by atoms with Gasteiger partial charge in [-0.1, -0.05) is 25.1 Å². The fraction of sp³-hybridized carbons (Fsp3) is 0.353. The molecular weight excluding hydrogens is 265 g/mol. The van der Waals surface area contributed by atoms with Crippen molar-refractivity contribution < 1.29 is 4.39 Å². The lowest BCUT2D eigenvalue weighted by molar-refractivity contribution is 0.612. The first kappa shape index (κ1) is 15.4. The molecule has 0 fully saturated rings. The molecule has 2 rings (SSSR count). The fourth-order valence-corrected chi connectivity index (χ4v) is 2.34. The van der Waals surface area contributed by atoms with Crippen LogP contribution in [0.5, 0.6) is 0 Å². The first-order chi connectivity index (χ1) is 10.2. The van der Waals surface area contributed by atoms with E-state index in [1.165, 1.54) is 6.07 Å². The van der Waals surface area contributed by atoms with Gasteiger partial charge in [0.25, 0.3) is 0 Å². The quantitative estimate of drug-likeness (QED) is 0.792. The topological polar surface area (TPSA) is 28.2 Å². The molecule has 0 spiro atoms. The van der Waals surface area contributed by atoms with Gasteiger partial charge in [0.2, 0.25) is 0 Å². The van der Waals surface area contributed by atoms with Crippen molar-refractivity contribution in [3.05, 3.63) is 59.7 Å². The molecule has 0 radical (unpaired) electrons. The van der Waals surface area contributed by atoms with E-state index in [1.807, 2.05) is 36.2 Å². The van der Waals surface area contributed by atoms with Gasteiger partial charge in [-0.25, -0.2) is 4.39 Å². The number of hydrogen-bond donors (Lipinski definition) is 1. The second-order valence-corrected chi connectivity index (χ2v) is 5.10. The van der Waals surface area contributed by atoms with Crippen molar-refractivity contribution in [1.82, 2.24) is 10.3 Å². The van der Waals surface area contributed by atoms with Gasteiger partial charge in [0.1, 0.15) is 5.82 Å². The second kappa shape index (κ2) is 7.74. The number of anilines is 1. The van der Waals surface area contributed by atoms with Crippen molar-refractivity contribution in [2.75, 3.05) is 18.5 Å². The lowest BCUT2D eigenvalue weighted by Crippen LogP contribution is -2.22. The predicted octanol–water partition coefficient (Wildman–Crippen LogP) is 3.36. The third-order valence-corrected chi connectivity index (χ3v) is 3.32. The average Bonchev–Trinajstić information content (AvgIpc) is 2.48. The van der Waals surface area contributed by atoms with Gasteiger partial charge in [0.15, 0.2) is 0 Å². The SMILES string of the molecule is CCCNCc1cccc(F)c1N(C)Cc1ccccn1. The lowest BCUT2D eigenvalue weighted by atomic mass is 10.1. The number of pyridine rings is 1. The van der Waals surface area contributed by atoms with Crippen LogP contribution in [0, 0.1) is 5.82 Å². The van der Waals surface area contributed by atoms with Crippen LogP contribution in [-0.4, -0.2) is 18.6 Å². The Morgan fingerprint density at radius 2 is 2.05 bits per heavy atom. The summed E-state index contributed by atoms with van der Waals surface area (Å²) in [4.78, 5) is 6.22. The van der Waals surface area contributed by atoms with Gasteiger partial charge < -0.3 is 10.2 Å². The van der Waals surface area contributed by atoms with Crippen LogP contribution in [0.15, 0.2) is 42.6 Å². The van der Waals surface area contributed by atoms with Crippen LogP contribution in [0.25, 0.3) is 0 Å². The zero-order valence-corrected chi connectivity index (χ0v) is 12.6. The molecule has 0 atom stereocenters. The van der Waals surface area contributed by atoms with E-state index in [2.05, 4.69) is 17.2 Å². The molecule has 3 nitrogen and oxygen atoms in total. The van der Waals surface area contributed by atoms with Crippen LogP contribution >= 0.6 is 0 Å². The molecule has 0 bridgehead atoms. The highest BCUT2D eigenvalue weighted by Crippen LogP contribution is 2.24. The summed E-state index contributed by atoms with van der Waals surface area (Å²) in [6.07, 6.45) is 2.82. The lowest BCUT2D eigenvalue weighted by Gasteiger charge is -2.23. The number of benzene rings is 1. The van der Waals surface area contributed by atoms with Crippen LogP contribution in [0.1, 0.15) is 24.6 Å². The van der Waals surface area contributed by atoms with Gasteiger partial charge >= 0.3 is 0 Å². The minimum Gasteiger partial charge on any atom is -0.366 e. The molecule has 0 saturated carbocycles. The van der Waals surface area contributed by atoms with E-state index in [0.717, 1.165) is 24.2 Å². The van der Waals surface area contributed by atoms with Crippen molar-refractivity contribution in [3.63, 3.8) is 0 Å². The van der Waals surface area contributed by atoms with E-state index >= 15 is 0 Å². The van der Waals surface area contributed by atoms with Crippen molar-refractivity contribution in [2.45, 2.75) is 26.4 Å². The largest absolute Gasteiger partial charge is 0.366 e. The fourth-order valence-electron chi connectivity index (χ4n) is 2.34. The van der Waals surface area contributed by atoms with Crippen molar-refractivity contribution >= 4 is 5.69 Å². The van der Waals surface area contributed by atoms with Gasteiger partial charge in [0, 0.05) is 19.8 Å². The van der Waals surface area contributed by atoms with Crippen molar-refractivity contribution in [3.8, 4) is 0 Å². The summed E-state index contributed by atoms with van der Waals surface area (Å²) in [5.41, 5.74) is 2.55. The normalized spacial score (nSPS) is 10.6. The Morgan fingerprint density at radius 1 is 1.19 bits per heavy atom. The molecule has 4 heteroatoms. The number of rotatable bonds is 7. The Hall–Kier alpha value is -1.94. The summed E-state index contributed by atoms with van der Waals surface area (Å²) in [6.45, 7) is 4.31. The highest BCUT2D eigenvalue weighted by molar-refractivity contribution is 5.54. The van der Waals surface area contributed by atoms with E-state index in [4.69, 9.17) is 0 Å². The summed E-state index contributed by atoms with van der Waals surface area (Å²) < 4.78 is 14.2. The summed E-state index contributed by atoms with van der Waals surface area (Å²) in [5, 5.41) is 3.33. The van der Waals surface area contributed by atoms with Crippen molar-refractivity contribution in [2.24, 2.45) is 0 Å². The molecule has 0 aliphatic carbocycles. The molecule has 1 aromatic heterocycles. The summed E-state index contributed by atoms with van der Waals surface area (Å²) >= 11 is 0. The summed E-state index contributed by atoms with van der Waals surface area (Å²) in [7, 11) is 1.90. The zero-order valence-electron chi connectivity index (χ0n) is 12.6. The maximum absolute atomic E-state index is 14.2. The standard InChI is InChI=1S/C17H22FN3/c1-3-10-19-12-14-7-6-9-16(18)17(14)21(2)13-15-8-4-5-11-20-15/h4-9,11,19H,3,10,12-13H2,1-2H3. The Kier molecular flexibility index (Phi) is 5.69. The minimum atomic E-state index is -0.191. The second-order valence-electron chi connectivity index (χ2n) is 5.10. The zero-order chi connectivity index (χ0) is 15.1. The number of hydrogen-bond acceptors (Lipinski definition) is 3. The Morgan fingerprint density at radius 3 is 2.76 bits per heavy atom. The van der Waals surface area contributed by atoms with Crippen LogP contribution in [0.2, 0.25) is 0 Å². The Bertz CT molecular complexity index is 557. The first-order valence-electron chi connectivity index (χ1n) is 7.31. The van der Waals surface area contributed by atoms with E-state index < -0.39 is 0 Å². The monoisotopic (exact) mass is 287 g/mol. The number of aromatic nitrogens is 1. The van der Waals surface area contributed by atoms with Gasteiger partial charge in [-0.15, -0.1) is 0 Å². The van der Waals surface area contributed by atoms with Gasteiger partial charge in [-0.05, 0) is 36.7 Å². The van der Waals surface area contributed by atoms with Gasteiger partial charge in [0.05, 0.1) is 17.9 Å². The number of nitrogens with one attached hydrogen (secondary N) is 1. The molecule has 0 unspecified atom stereocenters. The Balaban J connectivity index is 2.16. The molecule has 1 aromatic carbocycles. The summed E-state index contributed by atoms with van der Waals surface area (Å²) in [6, 6.07) is 11.0. The van der Waals surface area contributed by atoms with Gasteiger partial charge in [-0.2, -0.15) is 0 Å². The molecule has 1 N–H and O–H groups in total. The molecule has 112 valence electrons. The number of para-hydroxylation sites is 1. The average molecular weight is 287 g/mol. The van der Waals surface area contributed by atoms with E-state index in [9.17, 15) is 4.39 Å². The molecule has 0 amide bonds. The van der Waals surface area contributed by atoms with E-state index in [-0.39, 0.29) is 5.82 Å². The van der Waals surface area contributed by atoms with Gasteiger partial charge in [-0.3, -0.25) is 4.98 Å². The van der Waals surface area contributed by atoms with E-state index in [0.29, 0.717) is 18.8 Å². The molecule has 0 saturated heterocycles. The maximum atomic E-state index is 14.2. The van der Waals surface area contributed by atoms with Crippen LogP contribution in [0.4, 0.5) is 10.1 Å². The van der Waals surface area contributed by atoms with Crippen LogP contribution in [-0.2, 0) is 13.1 Å². The Labute approximate surface area is 125 Å². The van der Waals surface area contributed by atoms with Crippen LogP contribution in [0.3, 0.4) is 0 Å². The van der Waals surface area contributed by atoms with Crippen molar-refractivity contribution in [1.29, 1.82) is 0 Å². The number of nitrogens with zero attached hydrogens (tertiary/aromatic N) is 2. The third-order valence-electron chi connectivity index (χ3n) is 3.32. The number of halogens is 1. The molecular formula is C17H22FN3. The third kappa shape index (κ3) is 4.26. The smallest absolute Gasteiger partial charge is 0.146 e.